The minimum atomic E-state index is -0.310. The maximum atomic E-state index is 13.1. The average molecular weight is 392 g/mol. The van der Waals surface area contributed by atoms with Crippen molar-refractivity contribution in [3.8, 4) is 5.75 Å². The first-order chi connectivity index (χ1) is 13.6. The topological polar surface area (TPSA) is 58.6 Å². The van der Waals surface area contributed by atoms with Gasteiger partial charge >= 0.3 is 0 Å². The molecule has 0 unspecified atom stereocenters. The number of carbonyl (C=O) groups excluding carboxylic acids is 2. The molecule has 1 aliphatic rings. The molecule has 0 aromatic heterocycles. The number of anilines is 1. The molecule has 152 valence electrons. The molecular formula is C24H28N2O3. The van der Waals surface area contributed by atoms with Crippen molar-refractivity contribution >= 4 is 23.1 Å². The summed E-state index contributed by atoms with van der Waals surface area (Å²) in [6.07, 6.45) is 0. The van der Waals surface area contributed by atoms with E-state index in [1.807, 2.05) is 38.1 Å². The standard InChI is InChI=1S/C24H28N2O3/c1-15(2)26-22(27)20(16-7-13-19(29-6)14-8-16)21(23(26)28)25-18-11-9-17(10-12-18)24(3,4)5/h7-15,25H,1-6H3. The van der Waals surface area contributed by atoms with Gasteiger partial charge in [0, 0.05) is 11.7 Å². The summed E-state index contributed by atoms with van der Waals surface area (Å²) in [4.78, 5) is 27.4. The predicted octanol–water partition coefficient (Wildman–Crippen LogP) is 4.59. The van der Waals surface area contributed by atoms with Gasteiger partial charge in [-0.25, -0.2) is 0 Å². The van der Waals surface area contributed by atoms with E-state index in [4.69, 9.17) is 4.74 Å². The van der Waals surface area contributed by atoms with Crippen molar-refractivity contribution in [1.82, 2.24) is 4.90 Å². The number of amides is 2. The number of imide groups is 1. The van der Waals surface area contributed by atoms with Crippen LogP contribution in [0.2, 0.25) is 0 Å². The Bertz CT molecular complexity index is 949. The van der Waals surface area contributed by atoms with Gasteiger partial charge in [0.05, 0.1) is 12.7 Å². The van der Waals surface area contributed by atoms with Crippen molar-refractivity contribution < 1.29 is 14.3 Å². The van der Waals surface area contributed by atoms with Crippen LogP contribution in [0, 0.1) is 0 Å². The van der Waals surface area contributed by atoms with E-state index in [0.717, 1.165) is 5.69 Å². The number of hydrogen-bond acceptors (Lipinski definition) is 4. The molecule has 1 N–H and O–H groups in total. The molecule has 0 spiro atoms. The fourth-order valence-electron chi connectivity index (χ4n) is 3.36. The van der Waals surface area contributed by atoms with E-state index in [9.17, 15) is 9.59 Å². The van der Waals surface area contributed by atoms with Crippen LogP contribution in [0.25, 0.3) is 5.57 Å². The van der Waals surface area contributed by atoms with Gasteiger partial charge in [0.15, 0.2) is 0 Å². The number of methoxy groups -OCH3 is 1. The van der Waals surface area contributed by atoms with Crippen molar-refractivity contribution in [2.45, 2.75) is 46.1 Å². The first-order valence-electron chi connectivity index (χ1n) is 9.77. The van der Waals surface area contributed by atoms with E-state index in [2.05, 4.69) is 26.1 Å². The van der Waals surface area contributed by atoms with E-state index >= 15 is 0 Å². The van der Waals surface area contributed by atoms with Crippen LogP contribution in [-0.4, -0.2) is 29.9 Å². The van der Waals surface area contributed by atoms with Crippen molar-refractivity contribution in [2.24, 2.45) is 0 Å². The van der Waals surface area contributed by atoms with Crippen LogP contribution < -0.4 is 10.1 Å². The minimum Gasteiger partial charge on any atom is -0.497 e. The summed E-state index contributed by atoms with van der Waals surface area (Å²) in [5, 5.41) is 3.20. The van der Waals surface area contributed by atoms with Gasteiger partial charge in [-0.05, 0) is 54.7 Å². The highest BCUT2D eigenvalue weighted by atomic mass is 16.5. The molecule has 0 saturated carbocycles. The lowest BCUT2D eigenvalue weighted by Crippen LogP contribution is -2.38. The van der Waals surface area contributed by atoms with E-state index in [0.29, 0.717) is 22.6 Å². The average Bonchev–Trinajstić information content (AvgIpc) is 2.91. The summed E-state index contributed by atoms with van der Waals surface area (Å²) in [6.45, 7) is 10.1. The molecule has 0 saturated heterocycles. The van der Waals surface area contributed by atoms with Crippen molar-refractivity contribution in [2.75, 3.05) is 12.4 Å². The Morgan fingerprint density at radius 2 is 1.48 bits per heavy atom. The maximum Gasteiger partial charge on any atom is 0.278 e. The predicted molar refractivity (Wildman–Crippen MR) is 116 cm³/mol. The molecule has 3 rings (SSSR count). The monoisotopic (exact) mass is 392 g/mol. The third-order valence-corrected chi connectivity index (χ3v) is 5.03. The lowest BCUT2D eigenvalue weighted by Gasteiger charge is -2.20. The van der Waals surface area contributed by atoms with Gasteiger partial charge in [0.2, 0.25) is 0 Å². The van der Waals surface area contributed by atoms with Crippen molar-refractivity contribution in [3.05, 3.63) is 65.4 Å². The summed E-state index contributed by atoms with van der Waals surface area (Å²) >= 11 is 0. The first kappa shape index (κ1) is 20.6. The highest BCUT2D eigenvalue weighted by Crippen LogP contribution is 2.33. The zero-order valence-electron chi connectivity index (χ0n) is 17.9. The number of nitrogens with one attached hydrogen (secondary N) is 1. The highest BCUT2D eigenvalue weighted by Gasteiger charge is 2.40. The Hall–Kier alpha value is -3.08. The summed E-state index contributed by atoms with van der Waals surface area (Å²) < 4.78 is 5.21. The number of rotatable bonds is 5. The van der Waals surface area contributed by atoms with Crippen LogP contribution in [0.4, 0.5) is 5.69 Å². The maximum absolute atomic E-state index is 13.1. The quantitative estimate of drug-likeness (QED) is 0.756. The van der Waals surface area contributed by atoms with Gasteiger partial charge in [-0.1, -0.05) is 45.0 Å². The molecule has 5 nitrogen and oxygen atoms in total. The fourth-order valence-corrected chi connectivity index (χ4v) is 3.36. The molecule has 0 fully saturated rings. The molecule has 1 heterocycles. The molecule has 1 aliphatic heterocycles. The van der Waals surface area contributed by atoms with E-state index in [1.165, 1.54) is 10.5 Å². The molecule has 5 heteroatoms. The number of hydrogen-bond donors (Lipinski definition) is 1. The first-order valence-corrected chi connectivity index (χ1v) is 9.77. The Kier molecular flexibility index (Phi) is 5.51. The smallest absolute Gasteiger partial charge is 0.278 e. The number of nitrogens with zero attached hydrogens (tertiary/aromatic N) is 1. The van der Waals surface area contributed by atoms with E-state index in [1.54, 1.807) is 31.4 Å². The van der Waals surface area contributed by atoms with Gasteiger partial charge in [-0.15, -0.1) is 0 Å². The fraction of sp³-hybridized carbons (Fsp3) is 0.333. The zero-order chi connectivity index (χ0) is 21.3. The van der Waals surface area contributed by atoms with E-state index < -0.39 is 0 Å². The molecule has 0 aliphatic carbocycles. The normalized spacial score (nSPS) is 14.8. The lowest BCUT2D eigenvalue weighted by atomic mass is 9.87. The second kappa shape index (κ2) is 7.74. The molecule has 2 amide bonds. The van der Waals surface area contributed by atoms with Crippen LogP contribution in [0.5, 0.6) is 5.75 Å². The SMILES string of the molecule is COc1ccc(C2=C(Nc3ccc(C(C)(C)C)cc3)C(=O)N(C(C)C)C2=O)cc1. The van der Waals surface area contributed by atoms with Crippen LogP contribution in [0.15, 0.2) is 54.2 Å². The second-order valence-corrected chi connectivity index (χ2v) is 8.50. The van der Waals surface area contributed by atoms with Crippen LogP contribution in [0.3, 0.4) is 0 Å². The molecule has 0 radical (unpaired) electrons. The molecule has 0 bridgehead atoms. The third-order valence-electron chi connectivity index (χ3n) is 5.03. The molecule has 2 aromatic carbocycles. The zero-order valence-corrected chi connectivity index (χ0v) is 17.9. The molecule has 29 heavy (non-hydrogen) atoms. The van der Waals surface area contributed by atoms with Gasteiger partial charge in [0.25, 0.3) is 11.8 Å². The van der Waals surface area contributed by atoms with Gasteiger partial charge in [-0.3, -0.25) is 14.5 Å². The van der Waals surface area contributed by atoms with Crippen LogP contribution in [-0.2, 0) is 15.0 Å². The second-order valence-electron chi connectivity index (χ2n) is 8.50. The Morgan fingerprint density at radius 1 is 0.897 bits per heavy atom. The third kappa shape index (κ3) is 4.04. The summed E-state index contributed by atoms with van der Waals surface area (Å²) in [5.74, 6) is 0.0961. The van der Waals surface area contributed by atoms with Crippen LogP contribution in [0.1, 0.15) is 45.7 Å². The van der Waals surface area contributed by atoms with Gasteiger partial charge in [0.1, 0.15) is 11.4 Å². The van der Waals surface area contributed by atoms with Crippen LogP contribution >= 0.6 is 0 Å². The summed E-state index contributed by atoms with van der Waals surface area (Å²) in [6, 6.07) is 14.9. The lowest BCUT2D eigenvalue weighted by molar-refractivity contribution is -0.138. The van der Waals surface area contributed by atoms with Gasteiger partial charge < -0.3 is 10.1 Å². The minimum absolute atomic E-state index is 0.0413. The Balaban J connectivity index is 2.03. The number of ether oxygens (including phenoxy) is 1. The van der Waals surface area contributed by atoms with Crippen molar-refractivity contribution in [1.29, 1.82) is 0 Å². The molecule has 0 atom stereocenters. The Morgan fingerprint density at radius 3 is 1.97 bits per heavy atom. The number of carbonyl (C=O) groups is 2. The molecule has 2 aromatic rings. The Labute approximate surface area is 172 Å². The molecular weight excluding hydrogens is 364 g/mol. The number of benzene rings is 2. The van der Waals surface area contributed by atoms with Crippen molar-refractivity contribution in [3.63, 3.8) is 0 Å². The summed E-state index contributed by atoms with van der Waals surface area (Å²) in [7, 11) is 1.59. The largest absolute Gasteiger partial charge is 0.497 e. The van der Waals surface area contributed by atoms with Gasteiger partial charge in [-0.2, -0.15) is 0 Å². The summed E-state index contributed by atoms with van der Waals surface area (Å²) in [5.41, 5.74) is 3.38. The van der Waals surface area contributed by atoms with E-state index in [-0.39, 0.29) is 23.3 Å². The highest BCUT2D eigenvalue weighted by molar-refractivity contribution is 6.36.